The normalized spacial score (nSPS) is 11.8. The molecule has 2 heteroatoms. The molecule has 3 aromatic carbocycles. The van der Waals surface area contributed by atoms with Gasteiger partial charge in [0.15, 0.2) is 0 Å². The summed E-state index contributed by atoms with van der Waals surface area (Å²) in [5.41, 5.74) is 2.26. The lowest BCUT2D eigenvalue weighted by molar-refractivity contribution is 0.0792. The molecule has 106 valence electrons. The highest BCUT2D eigenvalue weighted by Crippen LogP contribution is 2.37. The van der Waals surface area contributed by atoms with Crippen molar-refractivity contribution in [3.8, 4) is 11.1 Å². The van der Waals surface area contributed by atoms with Crippen molar-refractivity contribution in [2.75, 3.05) is 0 Å². The second-order valence-corrected chi connectivity index (χ2v) is 6.69. The Balaban J connectivity index is 2.35. The average molecular weight is 341 g/mol. The first kappa shape index (κ1) is 14.3. The van der Waals surface area contributed by atoms with Crippen LogP contribution in [0.3, 0.4) is 0 Å². The van der Waals surface area contributed by atoms with Gasteiger partial charge in [-0.05, 0) is 53.4 Å². The van der Waals surface area contributed by atoms with E-state index in [1.54, 1.807) is 0 Å². The maximum absolute atomic E-state index is 10.5. The van der Waals surface area contributed by atoms with E-state index in [0.717, 1.165) is 21.2 Å². The van der Waals surface area contributed by atoms with Crippen molar-refractivity contribution in [3.05, 3.63) is 70.7 Å². The van der Waals surface area contributed by atoms with Crippen LogP contribution in [0.15, 0.2) is 65.1 Å². The van der Waals surface area contributed by atoms with Gasteiger partial charge in [-0.15, -0.1) is 0 Å². The molecule has 0 radical (unpaired) electrons. The molecular formula is C19H17BrO. The Bertz CT molecular complexity index is 795. The summed E-state index contributed by atoms with van der Waals surface area (Å²) in [5.74, 6) is 0. The second-order valence-electron chi connectivity index (χ2n) is 5.78. The lowest BCUT2D eigenvalue weighted by Crippen LogP contribution is -2.16. The van der Waals surface area contributed by atoms with E-state index in [4.69, 9.17) is 0 Å². The number of aliphatic hydroxyl groups is 1. The van der Waals surface area contributed by atoms with Crippen LogP contribution in [0, 0.1) is 0 Å². The topological polar surface area (TPSA) is 20.2 Å². The first-order valence-electron chi connectivity index (χ1n) is 6.97. The molecule has 0 saturated carbocycles. The van der Waals surface area contributed by atoms with Crippen LogP contribution in [-0.4, -0.2) is 5.11 Å². The third-order valence-corrected chi connectivity index (χ3v) is 4.21. The Morgan fingerprint density at radius 1 is 0.857 bits per heavy atom. The van der Waals surface area contributed by atoms with Gasteiger partial charge >= 0.3 is 0 Å². The Kier molecular flexibility index (Phi) is 3.60. The largest absolute Gasteiger partial charge is 0.386 e. The molecule has 1 nitrogen and oxygen atoms in total. The summed E-state index contributed by atoms with van der Waals surface area (Å²) >= 11 is 3.54. The molecule has 0 aliphatic heterocycles. The molecule has 0 unspecified atom stereocenters. The minimum absolute atomic E-state index is 0.882. The molecule has 0 aliphatic rings. The zero-order valence-electron chi connectivity index (χ0n) is 12.1. The van der Waals surface area contributed by atoms with Gasteiger partial charge in [-0.25, -0.2) is 0 Å². The van der Waals surface area contributed by atoms with Gasteiger partial charge in [0, 0.05) is 4.47 Å². The molecular weight excluding hydrogens is 324 g/mol. The van der Waals surface area contributed by atoms with Crippen LogP contribution in [0.5, 0.6) is 0 Å². The summed E-state index contributed by atoms with van der Waals surface area (Å²) in [7, 11) is 0. The Labute approximate surface area is 133 Å². The molecule has 0 aliphatic carbocycles. The highest BCUT2D eigenvalue weighted by Gasteiger charge is 2.21. The maximum Gasteiger partial charge on any atom is 0.0846 e. The number of hydrogen-bond acceptors (Lipinski definition) is 1. The van der Waals surface area contributed by atoms with Gasteiger partial charge in [-0.2, -0.15) is 0 Å². The van der Waals surface area contributed by atoms with Crippen molar-refractivity contribution in [2.24, 2.45) is 0 Å². The van der Waals surface area contributed by atoms with Crippen LogP contribution >= 0.6 is 15.9 Å². The summed E-state index contributed by atoms with van der Waals surface area (Å²) in [4.78, 5) is 0. The number of halogens is 1. The molecule has 0 aromatic heterocycles. The Morgan fingerprint density at radius 3 is 2.33 bits per heavy atom. The van der Waals surface area contributed by atoms with Crippen molar-refractivity contribution in [2.45, 2.75) is 19.4 Å². The third-order valence-electron chi connectivity index (χ3n) is 3.72. The van der Waals surface area contributed by atoms with Gasteiger partial charge in [-0.3, -0.25) is 0 Å². The third kappa shape index (κ3) is 2.74. The maximum atomic E-state index is 10.5. The summed E-state index contributed by atoms with van der Waals surface area (Å²) in [6.07, 6.45) is 0. The van der Waals surface area contributed by atoms with Gasteiger partial charge in [0.2, 0.25) is 0 Å². The van der Waals surface area contributed by atoms with Crippen LogP contribution in [0.1, 0.15) is 19.4 Å². The quantitative estimate of drug-likeness (QED) is 0.653. The minimum Gasteiger partial charge on any atom is -0.386 e. The average Bonchev–Trinajstić information content (AvgIpc) is 2.45. The van der Waals surface area contributed by atoms with Crippen LogP contribution in [0.2, 0.25) is 0 Å². The molecule has 1 N–H and O–H groups in total. The van der Waals surface area contributed by atoms with E-state index in [2.05, 4.69) is 52.3 Å². The van der Waals surface area contributed by atoms with Crippen molar-refractivity contribution < 1.29 is 5.11 Å². The second kappa shape index (κ2) is 5.28. The van der Waals surface area contributed by atoms with Crippen molar-refractivity contribution in [1.82, 2.24) is 0 Å². The lowest BCUT2D eigenvalue weighted by atomic mass is 9.88. The van der Waals surface area contributed by atoms with Crippen molar-refractivity contribution >= 4 is 26.7 Å². The molecule has 3 rings (SSSR count). The van der Waals surface area contributed by atoms with Crippen LogP contribution < -0.4 is 0 Å². The zero-order chi connectivity index (χ0) is 15.0. The first-order chi connectivity index (χ1) is 9.97. The van der Waals surface area contributed by atoms with Gasteiger partial charge in [0.1, 0.15) is 0 Å². The van der Waals surface area contributed by atoms with Crippen LogP contribution in [0.25, 0.3) is 21.9 Å². The van der Waals surface area contributed by atoms with E-state index in [1.807, 2.05) is 38.1 Å². The summed E-state index contributed by atoms with van der Waals surface area (Å²) < 4.78 is 1.01. The smallest absolute Gasteiger partial charge is 0.0846 e. The SMILES string of the molecule is CC(C)(O)c1ccc(Br)cc1-c1cccc2ccccc12. The highest BCUT2D eigenvalue weighted by atomic mass is 79.9. The fourth-order valence-corrected chi connectivity index (χ4v) is 3.09. The molecule has 0 fully saturated rings. The van der Waals surface area contributed by atoms with E-state index in [1.165, 1.54) is 10.8 Å². The monoisotopic (exact) mass is 340 g/mol. The van der Waals surface area contributed by atoms with E-state index >= 15 is 0 Å². The molecule has 0 amide bonds. The van der Waals surface area contributed by atoms with E-state index in [-0.39, 0.29) is 0 Å². The van der Waals surface area contributed by atoms with Crippen LogP contribution in [0.4, 0.5) is 0 Å². The van der Waals surface area contributed by atoms with Gasteiger partial charge < -0.3 is 5.11 Å². The van der Waals surface area contributed by atoms with E-state index < -0.39 is 5.60 Å². The summed E-state index contributed by atoms with van der Waals surface area (Å²) in [5, 5.41) is 12.9. The first-order valence-corrected chi connectivity index (χ1v) is 7.76. The number of benzene rings is 3. The van der Waals surface area contributed by atoms with E-state index in [0.29, 0.717) is 0 Å². The van der Waals surface area contributed by atoms with Gasteiger partial charge in [0.05, 0.1) is 5.60 Å². The fourth-order valence-electron chi connectivity index (χ4n) is 2.73. The Morgan fingerprint density at radius 2 is 1.57 bits per heavy atom. The number of fused-ring (bicyclic) bond motifs is 1. The molecule has 0 saturated heterocycles. The van der Waals surface area contributed by atoms with E-state index in [9.17, 15) is 5.11 Å². The molecule has 0 spiro atoms. The Hall–Kier alpha value is -1.64. The standard InChI is InChI=1S/C19H17BrO/c1-19(2,21)18-11-10-14(20)12-17(18)16-9-5-7-13-6-3-4-8-15(13)16/h3-12,21H,1-2H3. The lowest BCUT2D eigenvalue weighted by Gasteiger charge is -2.23. The van der Waals surface area contributed by atoms with Gasteiger partial charge in [-0.1, -0.05) is 64.5 Å². The van der Waals surface area contributed by atoms with Crippen molar-refractivity contribution in [3.63, 3.8) is 0 Å². The molecule has 21 heavy (non-hydrogen) atoms. The highest BCUT2D eigenvalue weighted by molar-refractivity contribution is 9.10. The number of hydrogen-bond donors (Lipinski definition) is 1. The van der Waals surface area contributed by atoms with Crippen LogP contribution in [-0.2, 0) is 5.60 Å². The van der Waals surface area contributed by atoms with Crippen molar-refractivity contribution in [1.29, 1.82) is 0 Å². The molecule has 0 bridgehead atoms. The fraction of sp³-hybridized carbons (Fsp3) is 0.158. The van der Waals surface area contributed by atoms with Gasteiger partial charge in [0.25, 0.3) is 0 Å². The zero-order valence-corrected chi connectivity index (χ0v) is 13.7. The molecule has 3 aromatic rings. The summed E-state index contributed by atoms with van der Waals surface area (Å²) in [6.45, 7) is 3.65. The summed E-state index contributed by atoms with van der Waals surface area (Å²) in [6, 6.07) is 20.7. The molecule has 0 heterocycles. The minimum atomic E-state index is -0.882. The predicted octanol–water partition coefficient (Wildman–Crippen LogP) is 5.50. The number of rotatable bonds is 2. The molecule has 0 atom stereocenters. The predicted molar refractivity (Wildman–Crippen MR) is 92.3 cm³/mol.